The van der Waals surface area contributed by atoms with Crippen LogP contribution in [0.4, 0.5) is 11.4 Å². The fourth-order valence-electron chi connectivity index (χ4n) is 2.97. The Morgan fingerprint density at radius 2 is 2.14 bits per heavy atom. The third-order valence-corrected chi connectivity index (χ3v) is 4.28. The first kappa shape index (κ1) is 15.6. The Bertz CT molecular complexity index is 504. The maximum Gasteiger partial charge on any atom is 0.296 e. The van der Waals surface area contributed by atoms with Crippen LogP contribution in [0, 0.1) is 22.0 Å². The normalized spacial score (nSPS) is 25.4. The number of nitro benzene ring substituents is 1. The Kier molecular flexibility index (Phi) is 5.04. The highest BCUT2D eigenvalue weighted by atomic mass is 16.6. The number of nitrogens with zero attached hydrogens (tertiary/aromatic N) is 1. The average molecular weight is 292 g/mol. The lowest BCUT2D eigenvalue weighted by molar-refractivity contribution is -0.384. The van der Waals surface area contributed by atoms with Crippen LogP contribution in [-0.2, 0) is 0 Å². The van der Waals surface area contributed by atoms with Crippen LogP contribution in [0.3, 0.4) is 0 Å². The first-order valence-corrected chi connectivity index (χ1v) is 7.69. The Balaban J connectivity index is 2.20. The van der Waals surface area contributed by atoms with Gasteiger partial charge in [0.2, 0.25) is 0 Å². The number of rotatable bonds is 5. The highest BCUT2D eigenvalue weighted by Gasteiger charge is 2.27. The van der Waals surface area contributed by atoms with Gasteiger partial charge in [-0.05, 0) is 43.7 Å². The molecule has 0 saturated heterocycles. The molecule has 3 atom stereocenters. The van der Waals surface area contributed by atoms with Crippen molar-refractivity contribution in [2.24, 2.45) is 11.8 Å². The number of hydrogen-bond donors (Lipinski definition) is 1. The SMILES string of the molecule is CCOc1ccc(NC2CC(C)CCC2C)c([N+](=O)[O-])c1. The van der Waals surface area contributed by atoms with Crippen molar-refractivity contribution in [2.75, 3.05) is 11.9 Å². The van der Waals surface area contributed by atoms with E-state index in [0.717, 1.165) is 6.42 Å². The lowest BCUT2D eigenvalue weighted by Gasteiger charge is -2.33. The van der Waals surface area contributed by atoms with Gasteiger partial charge in [0.15, 0.2) is 0 Å². The molecule has 2 rings (SSSR count). The molecule has 0 heterocycles. The zero-order chi connectivity index (χ0) is 15.4. The molecular weight excluding hydrogens is 268 g/mol. The molecule has 0 aliphatic heterocycles. The fraction of sp³-hybridized carbons (Fsp3) is 0.625. The number of ether oxygens (including phenoxy) is 1. The van der Waals surface area contributed by atoms with Gasteiger partial charge in [0.1, 0.15) is 11.4 Å². The zero-order valence-corrected chi connectivity index (χ0v) is 13.0. The monoisotopic (exact) mass is 292 g/mol. The van der Waals surface area contributed by atoms with E-state index in [-0.39, 0.29) is 10.6 Å². The summed E-state index contributed by atoms with van der Waals surface area (Å²) in [5, 5.41) is 14.7. The highest BCUT2D eigenvalue weighted by molar-refractivity contribution is 5.64. The molecule has 3 unspecified atom stereocenters. The van der Waals surface area contributed by atoms with E-state index in [1.165, 1.54) is 18.9 Å². The van der Waals surface area contributed by atoms with Crippen LogP contribution in [0.1, 0.15) is 40.0 Å². The second-order valence-corrected chi connectivity index (χ2v) is 6.02. The summed E-state index contributed by atoms with van der Waals surface area (Å²) in [7, 11) is 0. The summed E-state index contributed by atoms with van der Waals surface area (Å²) in [6.07, 6.45) is 3.47. The standard InChI is InChI=1S/C16H24N2O3/c1-4-21-13-7-8-14(16(10-13)18(19)20)17-15-9-11(2)5-6-12(15)3/h7-8,10-12,15,17H,4-6,9H2,1-3H3. The fourth-order valence-corrected chi connectivity index (χ4v) is 2.97. The van der Waals surface area contributed by atoms with Crippen LogP contribution < -0.4 is 10.1 Å². The molecule has 1 saturated carbocycles. The van der Waals surface area contributed by atoms with Crippen molar-refractivity contribution in [3.63, 3.8) is 0 Å². The van der Waals surface area contributed by atoms with Crippen LogP contribution in [0.25, 0.3) is 0 Å². The molecule has 5 heteroatoms. The van der Waals surface area contributed by atoms with Crippen molar-refractivity contribution >= 4 is 11.4 Å². The average Bonchev–Trinajstić information content (AvgIpc) is 2.44. The van der Waals surface area contributed by atoms with Gasteiger partial charge < -0.3 is 10.1 Å². The molecule has 21 heavy (non-hydrogen) atoms. The summed E-state index contributed by atoms with van der Waals surface area (Å²) in [5.74, 6) is 1.74. The van der Waals surface area contributed by atoms with E-state index < -0.39 is 0 Å². The minimum Gasteiger partial charge on any atom is -0.494 e. The smallest absolute Gasteiger partial charge is 0.296 e. The predicted molar refractivity (Wildman–Crippen MR) is 83.9 cm³/mol. The van der Waals surface area contributed by atoms with Crippen molar-refractivity contribution in [3.05, 3.63) is 28.3 Å². The molecule has 1 aromatic carbocycles. The van der Waals surface area contributed by atoms with Gasteiger partial charge in [0.05, 0.1) is 17.6 Å². The second kappa shape index (κ2) is 6.78. The number of nitro groups is 1. The van der Waals surface area contributed by atoms with Gasteiger partial charge in [-0.15, -0.1) is 0 Å². The van der Waals surface area contributed by atoms with Crippen LogP contribution in [0.5, 0.6) is 5.75 Å². The zero-order valence-electron chi connectivity index (χ0n) is 13.0. The van der Waals surface area contributed by atoms with E-state index in [1.807, 2.05) is 6.92 Å². The van der Waals surface area contributed by atoms with Gasteiger partial charge in [-0.2, -0.15) is 0 Å². The quantitative estimate of drug-likeness (QED) is 0.651. The van der Waals surface area contributed by atoms with E-state index >= 15 is 0 Å². The Morgan fingerprint density at radius 3 is 2.81 bits per heavy atom. The van der Waals surface area contributed by atoms with E-state index in [0.29, 0.717) is 35.9 Å². The summed E-state index contributed by atoms with van der Waals surface area (Å²) in [4.78, 5) is 10.9. The van der Waals surface area contributed by atoms with E-state index in [1.54, 1.807) is 12.1 Å². The van der Waals surface area contributed by atoms with Crippen LogP contribution in [0.15, 0.2) is 18.2 Å². The molecule has 1 N–H and O–H groups in total. The van der Waals surface area contributed by atoms with Gasteiger partial charge in [0, 0.05) is 6.04 Å². The molecule has 1 fully saturated rings. The Morgan fingerprint density at radius 1 is 1.38 bits per heavy atom. The van der Waals surface area contributed by atoms with Gasteiger partial charge in [-0.1, -0.05) is 20.3 Å². The summed E-state index contributed by atoms with van der Waals surface area (Å²) in [6.45, 7) is 6.82. The van der Waals surface area contributed by atoms with Crippen molar-refractivity contribution in [3.8, 4) is 5.75 Å². The van der Waals surface area contributed by atoms with Crippen molar-refractivity contribution in [1.29, 1.82) is 0 Å². The number of anilines is 1. The van der Waals surface area contributed by atoms with Crippen molar-refractivity contribution in [1.82, 2.24) is 0 Å². The molecule has 5 nitrogen and oxygen atoms in total. The third-order valence-electron chi connectivity index (χ3n) is 4.28. The predicted octanol–water partition coefficient (Wildman–Crippen LogP) is 4.23. The first-order chi connectivity index (χ1) is 10.0. The molecule has 0 spiro atoms. The molecule has 0 radical (unpaired) electrons. The number of benzene rings is 1. The third kappa shape index (κ3) is 3.86. The summed E-state index contributed by atoms with van der Waals surface area (Å²) in [6, 6.07) is 5.35. The van der Waals surface area contributed by atoms with Crippen LogP contribution in [0.2, 0.25) is 0 Å². The van der Waals surface area contributed by atoms with Crippen molar-refractivity contribution < 1.29 is 9.66 Å². The van der Waals surface area contributed by atoms with E-state index in [9.17, 15) is 10.1 Å². The minimum atomic E-state index is -0.345. The van der Waals surface area contributed by atoms with Crippen molar-refractivity contribution in [2.45, 2.75) is 46.1 Å². The maximum atomic E-state index is 11.3. The number of nitrogens with one attached hydrogen (secondary N) is 1. The summed E-state index contributed by atoms with van der Waals surface area (Å²) >= 11 is 0. The largest absolute Gasteiger partial charge is 0.494 e. The van der Waals surface area contributed by atoms with Gasteiger partial charge in [0.25, 0.3) is 5.69 Å². The lowest BCUT2D eigenvalue weighted by Crippen LogP contribution is -2.33. The second-order valence-electron chi connectivity index (χ2n) is 6.02. The molecule has 0 aromatic heterocycles. The summed E-state index contributed by atoms with van der Waals surface area (Å²) in [5.41, 5.74) is 0.681. The topological polar surface area (TPSA) is 64.4 Å². The van der Waals surface area contributed by atoms with Gasteiger partial charge in [-0.3, -0.25) is 10.1 Å². The molecule has 1 aliphatic rings. The molecule has 0 amide bonds. The minimum absolute atomic E-state index is 0.0892. The highest BCUT2D eigenvalue weighted by Crippen LogP contribution is 2.34. The molecule has 116 valence electrons. The maximum absolute atomic E-state index is 11.3. The Hall–Kier alpha value is -1.78. The van der Waals surface area contributed by atoms with Gasteiger partial charge >= 0.3 is 0 Å². The van der Waals surface area contributed by atoms with Gasteiger partial charge in [-0.25, -0.2) is 0 Å². The van der Waals surface area contributed by atoms with E-state index in [2.05, 4.69) is 19.2 Å². The lowest BCUT2D eigenvalue weighted by atomic mass is 9.80. The molecule has 1 aliphatic carbocycles. The molecule has 0 bridgehead atoms. The molecule has 1 aromatic rings. The first-order valence-electron chi connectivity index (χ1n) is 7.69. The van der Waals surface area contributed by atoms with Crippen LogP contribution >= 0.6 is 0 Å². The molecular formula is C16H24N2O3. The number of hydrogen-bond acceptors (Lipinski definition) is 4. The Labute approximate surface area is 125 Å². The van der Waals surface area contributed by atoms with E-state index in [4.69, 9.17) is 4.74 Å². The summed E-state index contributed by atoms with van der Waals surface area (Å²) < 4.78 is 5.35. The van der Waals surface area contributed by atoms with Crippen LogP contribution in [-0.4, -0.2) is 17.6 Å².